The fourth-order valence-corrected chi connectivity index (χ4v) is 9.53. The summed E-state index contributed by atoms with van der Waals surface area (Å²) in [6.07, 6.45) is 16.1. The van der Waals surface area contributed by atoms with E-state index in [9.17, 15) is 39.6 Å². The third-order valence-electron chi connectivity index (χ3n) is 13.9. The Kier molecular flexibility index (Phi) is 19.4. The van der Waals surface area contributed by atoms with E-state index in [1.165, 1.54) is 4.90 Å². The Labute approximate surface area is 359 Å². The van der Waals surface area contributed by atoms with Crippen LogP contribution < -0.4 is 0 Å². The van der Waals surface area contributed by atoms with Crippen molar-refractivity contribution in [2.45, 2.75) is 194 Å². The molecule has 4 aliphatic rings. The van der Waals surface area contributed by atoms with E-state index >= 15 is 0 Å². The molecule has 3 aliphatic heterocycles. The lowest BCUT2D eigenvalue weighted by Gasteiger charge is -2.44. The average molecular weight is 840 g/mol. The minimum absolute atomic E-state index is 0.0481. The Bertz CT molecular complexity index is 1570. The number of cyclic esters (lactones) is 1. The molecule has 2 bridgehead atoms. The molecule has 0 radical (unpaired) electrons. The first-order chi connectivity index (χ1) is 28.4. The molecule has 11 nitrogen and oxygen atoms in total. The zero-order valence-corrected chi connectivity index (χ0v) is 37.6. The van der Waals surface area contributed by atoms with Gasteiger partial charge in [0.15, 0.2) is 5.79 Å². The number of fused-ring (bicyclic) bond motifs is 3. The molecule has 338 valence electrons. The van der Waals surface area contributed by atoms with Crippen LogP contribution in [0, 0.1) is 35.5 Å². The Balaban J connectivity index is 1.62. The van der Waals surface area contributed by atoms with E-state index in [-0.39, 0.29) is 67.0 Å². The summed E-state index contributed by atoms with van der Waals surface area (Å²) in [6, 6.07) is -0.881. The molecule has 0 spiro atoms. The number of hydrogen-bond donors (Lipinski definition) is 4. The van der Waals surface area contributed by atoms with Gasteiger partial charge in [0, 0.05) is 43.6 Å². The first kappa shape index (κ1) is 49.7. The molecule has 13 atom stereocenters. The zero-order valence-electron chi connectivity index (χ0n) is 37.6. The molecule has 2 saturated heterocycles. The number of ether oxygens (including phenoxy) is 2. The van der Waals surface area contributed by atoms with Crippen LogP contribution in [0.15, 0.2) is 47.6 Å². The molecule has 11 heteroatoms. The lowest BCUT2D eigenvalue weighted by molar-refractivity contribution is -0.283. The summed E-state index contributed by atoms with van der Waals surface area (Å²) in [5.41, 5.74) is 1.26. The summed E-state index contributed by atoms with van der Waals surface area (Å²) in [5.74, 6) is -4.00. The molecular weight excluding hydrogens is 763 g/mol. The van der Waals surface area contributed by atoms with Gasteiger partial charge in [-0.1, -0.05) is 83.9 Å². The number of piperidine rings is 1. The van der Waals surface area contributed by atoms with Crippen molar-refractivity contribution in [3.63, 3.8) is 0 Å². The topological polar surface area (TPSA) is 171 Å². The van der Waals surface area contributed by atoms with E-state index in [0.717, 1.165) is 31.3 Å². The van der Waals surface area contributed by atoms with Crippen LogP contribution in [-0.2, 0) is 28.7 Å². The molecule has 3 heterocycles. The van der Waals surface area contributed by atoms with Crippen molar-refractivity contribution in [3.05, 3.63) is 47.6 Å². The number of carbonyl (C=O) groups is 4. The molecule has 4 rings (SSSR count). The van der Waals surface area contributed by atoms with Gasteiger partial charge in [-0.25, -0.2) is 4.79 Å². The van der Waals surface area contributed by atoms with Gasteiger partial charge in [-0.3, -0.25) is 14.4 Å². The molecule has 0 aromatic heterocycles. The molecule has 3 fully saturated rings. The van der Waals surface area contributed by atoms with E-state index in [1.54, 1.807) is 19.9 Å². The van der Waals surface area contributed by atoms with Gasteiger partial charge in [0.05, 0.1) is 30.8 Å². The largest absolute Gasteiger partial charge is 0.460 e. The molecule has 4 N–H and O–H groups in total. The van der Waals surface area contributed by atoms with Gasteiger partial charge >= 0.3 is 5.97 Å². The summed E-state index contributed by atoms with van der Waals surface area (Å²) >= 11 is 0. The van der Waals surface area contributed by atoms with E-state index < -0.39 is 54.0 Å². The van der Waals surface area contributed by atoms with Crippen molar-refractivity contribution in [2.24, 2.45) is 35.5 Å². The number of aliphatic hydroxyl groups excluding tert-OH is 3. The van der Waals surface area contributed by atoms with Crippen molar-refractivity contribution in [1.82, 2.24) is 4.90 Å². The van der Waals surface area contributed by atoms with Crippen LogP contribution in [0.4, 0.5) is 0 Å². The van der Waals surface area contributed by atoms with Crippen LogP contribution in [0.5, 0.6) is 0 Å². The fourth-order valence-electron chi connectivity index (χ4n) is 9.53. The minimum atomic E-state index is -1.78. The second kappa shape index (κ2) is 23.5. The minimum Gasteiger partial charge on any atom is -0.460 e. The molecular formula is C49H77NO10. The second-order valence-electron chi connectivity index (χ2n) is 19.2. The summed E-state index contributed by atoms with van der Waals surface area (Å²) in [4.78, 5) is 57.0. The maximum absolute atomic E-state index is 14.2. The standard InChI is InChI=1S/C49H77NO10/c1-31-14-9-8-10-15-32(2)42(52)27-40-22-19-37(7)49(58,60-40)30-47(56)50-23-12-11-18-41(50)48(57)59-46(36(6)26-38-16-13-17-39(51)21-20-38)29-45(55)35(5)25-34(4)44(54)28-43(53)33(3)24-31/h8-10,14-15,25,31,33,35-42,44,46,51-52,54,58H,11-13,16-24,26-30H2,1-7H3. The molecule has 0 aromatic rings. The van der Waals surface area contributed by atoms with Gasteiger partial charge in [0.2, 0.25) is 5.91 Å². The van der Waals surface area contributed by atoms with Gasteiger partial charge in [-0.2, -0.15) is 0 Å². The molecule has 0 aromatic carbocycles. The number of amides is 1. The number of esters is 1. The van der Waals surface area contributed by atoms with Gasteiger partial charge < -0.3 is 34.8 Å². The Morgan fingerprint density at radius 3 is 2.30 bits per heavy atom. The summed E-state index contributed by atoms with van der Waals surface area (Å²) < 4.78 is 12.6. The van der Waals surface area contributed by atoms with Crippen LogP contribution in [0.1, 0.15) is 151 Å². The number of nitrogens with zero attached hydrogens (tertiary/aromatic N) is 1. The molecule has 13 unspecified atom stereocenters. The van der Waals surface area contributed by atoms with Gasteiger partial charge in [0.1, 0.15) is 23.7 Å². The van der Waals surface area contributed by atoms with Crippen LogP contribution in [-0.4, -0.2) is 97.7 Å². The zero-order chi connectivity index (χ0) is 44.1. The van der Waals surface area contributed by atoms with Crippen molar-refractivity contribution >= 4 is 23.4 Å². The Morgan fingerprint density at radius 1 is 0.800 bits per heavy atom. The lowest BCUT2D eigenvalue weighted by Crippen LogP contribution is -2.54. The number of allylic oxidation sites excluding steroid dienone is 6. The third kappa shape index (κ3) is 14.8. The first-order valence-corrected chi connectivity index (χ1v) is 23.1. The Hall–Kier alpha value is -2.96. The quantitative estimate of drug-likeness (QED) is 0.127. The highest BCUT2D eigenvalue weighted by atomic mass is 16.6. The van der Waals surface area contributed by atoms with Gasteiger partial charge in [0.25, 0.3) is 0 Å². The number of hydrogen-bond acceptors (Lipinski definition) is 10. The van der Waals surface area contributed by atoms with E-state index in [1.807, 2.05) is 65.0 Å². The molecule has 1 saturated carbocycles. The van der Waals surface area contributed by atoms with Crippen LogP contribution >= 0.6 is 0 Å². The normalized spacial score (nSPS) is 37.6. The highest BCUT2D eigenvalue weighted by Crippen LogP contribution is 2.38. The SMILES string of the molecule is CC1=CC(C)C(=O)CC(C(C)CC2CCCC(O)CC2)OC(=O)C2CCCCN2C(=O)CC2(O)OC(CCC2C)CC(O)C(C)=CC=CC=CC(C)CC(C)C(=O)CC1O. The average Bonchev–Trinajstić information content (AvgIpc) is 3.41. The van der Waals surface area contributed by atoms with E-state index in [0.29, 0.717) is 69.4 Å². The number of Topliss-reactive ketones (excluding diaryl/α,β-unsaturated/α-hetero) is 2. The first-order valence-electron chi connectivity index (χ1n) is 23.1. The predicted molar refractivity (Wildman–Crippen MR) is 232 cm³/mol. The number of carbonyl (C=O) groups excluding carboxylic acids is 4. The van der Waals surface area contributed by atoms with Crippen molar-refractivity contribution < 1.29 is 49.1 Å². The fraction of sp³-hybridized carbons (Fsp3) is 0.755. The maximum Gasteiger partial charge on any atom is 0.329 e. The second-order valence-corrected chi connectivity index (χ2v) is 19.2. The third-order valence-corrected chi connectivity index (χ3v) is 13.9. The van der Waals surface area contributed by atoms with Crippen molar-refractivity contribution in [3.8, 4) is 0 Å². The van der Waals surface area contributed by atoms with Gasteiger partial charge in [-0.05, 0) is 107 Å². The van der Waals surface area contributed by atoms with E-state index in [2.05, 4.69) is 0 Å². The summed E-state index contributed by atoms with van der Waals surface area (Å²) in [7, 11) is 0. The summed E-state index contributed by atoms with van der Waals surface area (Å²) in [5, 5.41) is 44.3. The van der Waals surface area contributed by atoms with Crippen molar-refractivity contribution in [2.75, 3.05) is 6.54 Å². The van der Waals surface area contributed by atoms with Crippen LogP contribution in [0.2, 0.25) is 0 Å². The van der Waals surface area contributed by atoms with Gasteiger partial charge in [-0.15, -0.1) is 0 Å². The summed E-state index contributed by atoms with van der Waals surface area (Å²) in [6.45, 7) is 13.4. The number of ketones is 2. The Morgan fingerprint density at radius 2 is 1.55 bits per heavy atom. The lowest BCUT2D eigenvalue weighted by atomic mass is 9.84. The number of aliphatic hydroxyl groups is 4. The molecule has 60 heavy (non-hydrogen) atoms. The van der Waals surface area contributed by atoms with Crippen LogP contribution in [0.3, 0.4) is 0 Å². The number of rotatable bonds is 3. The highest BCUT2D eigenvalue weighted by Gasteiger charge is 2.46. The monoisotopic (exact) mass is 840 g/mol. The van der Waals surface area contributed by atoms with E-state index in [4.69, 9.17) is 9.47 Å². The van der Waals surface area contributed by atoms with Crippen molar-refractivity contribution in [1.29, 1.82) is 0 Å². The molecule has 1 aliphatic carbocycles. The van der Waals surface area contributed by atoms with Crippen LogP contribution in [0.25, 0.3) is 0 Å². The molecule has 1 amide bonds. The highest BCUT2D eigenvalue weighted by molar-refractivity contribution is 5.86. The smallest absolute Gasteiger partial charge is 0.329 e. The predicted octanol–water partition coefficient (Wildman–Crippen LogP) is 7.49. The maximum atomic E-state index is 14.2.